The van der Waals surface area contributed by atoms with Crippen LogP contribution in [0.2, 0.25) is 10.0 Å². The smallest absolute Gasteiger partial charge is 0.322 e. The summed E-state index contributed by atoms with van der Waals surface area (Å²) >= 11 is 15.5. The number of ether oxygens (including phenoxy) is 7. The molecule has 13 rings (SSSR count). The van der Waals surface area contributed by atoms with Gasteiger partial charge in [-0.05, 0) is 133 Å². The number of phenols is 3. The van der Waals surface area contributed by atoms with Crippen molar-refractivity contribution in [1.29, 1.82) is 0 Å². The molecule has 7 aliphatic rings. The van der Waals surface area contributed by atoms with E-state index in [0.717, 1.165) is 72.3 Å². The van der Waals surface area contributed by atoms with Gasteiger partial charge in [-0.25, -0.2) is 0 Å². The number of aliphatic carboxylic acids is 1. The second kappa shape index (κ2) is 38.1. The van der Waals surface area contributed by atoms with Crippen molar-refractivity contribution in [3.8, 4) is 62.9 Å². The summed E-state index contributed by atoms with van der Waals surface area (Å²) in [5, 5.41) is 135. The highest BCUT2D eigenvalue weighted by atomic mass is 35.5. The Labute approximate surface area is 693 Å². The van der Waals surface area contributed by atoms with Crippen molar-refractivity contribution in [3.05, 3.63) is 147 Å². The maximum absolute atomic E-state index is 16.3. The van der Waals surface area contributed by atoms with Crippen molar-refractivity contribution >= 4 is 93.3 Å². The van der Waals surface area contributed by atoms with Crippen LogP contribution in [-0.4, -0.2) is 214 Å². The van der Waals surface area contributed by atoms with Crippen LogP contribution in [0.15, 0.2) is 103 Å². The molecule has 0 aliphatic carbocycles. The normalized spacial score (nSPS) is 26.6. The number of aliphatic hydroxyl groups excluding tert-OH is 6. The van der Waals surface area contributed by atoms with Gasteiger partial charge in [-0.2, -0.15) is 0 Å². The largest absolute Gasteiger partial charge is 0.508 e. The first-order valence-corrected chi connectivity index (χ1v) is 39.2. The number of hydrogen-bond acceptors (Lipinski definition) is 29. The molecule has 0 aromatic heterocycles. The molecule has 0 saturated carbocycles. The summed E-state index contributed by atoms with van der Waals surface area (Å²) in [5.74, 6) is -16.7. The summed E-state index contributed by atoms with van der Waals surface area (Å²) in [4.78, 5) is 142. The first kappa shape index (κ1) is 89.1. The Kier molecular flexibility index (Phi) is 28.6. The first-order chi connectivity index (χ1) is 56.4. The predicted octanol–water partition coefficient (Wildman–Crippen LogP) is 1.84. The summed E-state index contributed by atoms with van der Waals surface area (Å²) < 4.78 is 45.4. The minimum atomic E-state index is -2.40. The Morgan fingerprint density at radius 1 is 0.723 bits per heavy atom. The minimum Gasteiger partial charge on any atom is -0.508 e. The van der Waals surface area contributed by atoms with E-state index in [9.17, 15) is 79.8 Å². The van der Waals surface area contributed by atoms with E-state index in [2.05, 4.69) is 42.5 Å². The second-order valence-corrected chi connectivity index (χ2v) is 31.8. The molecule has 7 aliphatic heterocycles. The zero-order chi connectivity index (χ0) is 86.3. The topological polar surface area (TPSA) is 586 Å². The number of thioether (sulfide) groups is 1. The molecule has 0 unspecified atom stereocenters. The number of aromatic hydroxyl groups is 3. The number of benzene rings is 6. The van der Waals surface area contributed by atoms with E-state index < -0.39 is 260 Å². The molecular formula is C79H90Cl2N10O27S. The summed E-state index contributed by atoms with van der Waals surface area (Å²) in [6, 6.07) is 5.73. The van der Waals surface area contributed by atoms with E-state index in [0.29, 0.717) is 24.5 Å². The molecule has 18 atom stereocenters. The fraction of sp³-hybridized carbons (Fsp3) is 0.418. The van der Waals surface area contributed by atoms with E-state index in [1.807, 2.05) is 6.07 Å². The van der Waals surface area contributed by atoms with E-state index in [-0.39, 0.29) is 47.3 Å². The summed E-state index contributed by atoms with van der Waals surface area (Å²) in [7, 11) is 0. The lowest BCUT2D eigenvalue weighted by atomic mass is 9.84. The lowest BCUT2D eigenvalue weighted by Crippen LogP contribution is -2.65. The molecule has 22 N–H and O–H groups in total. The van der Waals surface area contributed by atoms with Crippen molar-refractivity contribution in [3.63, 3.8) is 0 Å². The number of carboxylic acids is 1. The molecule has 2 saturated heterocycles. The fourth-order valence-electron chi connectivity index (χ4n) is 14.2. The number of hydrogen-bond donors (Lipinski definition) is 20. The number of carbonyl (C=O) groups is 10. The van der Waals surface area contributed by atoms with Gasteiger partial charge in [-0.15, -0.1) is 0 Å². The zero-order valence-corrected chi connectivity index (χ0v) is 66.6. The Bertz CT molecular complexity index is 4880. The molecule has 11 bridgehead atoms. The van der Waals surface area contributed by atoms with E-state index in [4.69, 9.17) is 67.8 Å². The Morgan fingerprint density at radius 2 is 1.37 bits per heavy atom. The van der Waals surface area contributed by atoms with Gasteiger partial charge >= 0.3 is 5.97 Å². The van der Waals surface area contributed by atoms with Crippen LogP contribution < -0.4 is 72.9 Å². The van der Waals surface area contributed by atoms with Crippen LogP contribution >= 0.6 is 35.0 Å². The molecule has 638 valence electrons. The van der Waals surface area contributed by atoms with E-state index in [1.165, 1.54) is 30.8 Å². The highest BCUT2D eigenvalue weighted by molar-refractivity contribution is 8.13. The maximum atomic E-state index is 16.3. The average molecular weight is 1710 g/mol. The van der Waals surface area contributed by atoms with Crippen LogP contribution in [-0.2, 0) is 68.7 Å². The van der Waals surface area contributed by atoms with Crippen LogP contribution in [0.5, 0.6) is 51.7 Å². The number of halogens is 2. The summed E-state index contributed by atoms with van der Waals surface area (Å²) in [5.41, 5.74) is 8.47. The third-order valence-corrected chi connectivity index (χ3v) is 21.8. The lowest BCUT2D eigenvalue weighted by Gasteiger charge is -2.48. The number of fused-ring (bicyclic) bond motifs is 15. The number of aliphatic hydroxyl groups is 6. The van der Waals surface area contributed by atoms with Gasteiger partial charge in [0.25, 0.3) is 0 Å². The third-order valence-electron chi connectivity index (χ3n) is 20.3. The van der Waals surface area contributed by atoms with Gasteiger partial charge in [0.1, 0.15) is 108 Å². The molecule has 7 heterocycles. The number of nitrogens with one attached hydrogen (secondary N) is 8. The van der Waals surface area contributed by atoms with Crippen molar-refractivity contribution in [1.82, 2.24) is 42.5 Å². The van der Waals surface area contributed by atoms with Crippen molar-refractivity contribution in [2.75, 3.05) is 25.5 Å². The highest BCUT2D eigenvalue weighted by Gasteiger charge is 2.52. The predicted molar refractivity (Wildman–Crippen MR) is 420 cm³/mol. The van der Waals surface area contributed by atoms with E-state index >= 15 is 19.2 Å². The van der Waals surface area contributed by atoms with Crippen LogP contribution in [0.3, 0.4) is 0 Å². The number of carbonyl (C=O) groups excluding carboxylic acids is 9. The number of rotatable bonds is 22. The highest BCUT2D eigenvalue weighted by Crippen LogP contribution is 2.50. The second-order valence-electron chi connectivity index (χ2n) is 29.7. The number of primary amides is 1. The Hall–Kier alpha value is -10.7. The first-order valence-electron chi connectivity index (χ1n) is 37.5. The summed E-state index contributed by atoms with van der Waals surface area (Å²) in [6.07, 6.45) is -18.7. The third kappa shape index (κ3) is 21.0. The number of carboxylic acid groups (broad SMARTS) is 1. The molecule has 37 nitrogen and oxygen atoms in total. The Balaban J connectivity index is 1.10. The maximum Gasteiger partial charge on any atom is 0.322 e. The molecule has 2 fully saturated rings. The number of phenolic OH excluding ortho intramolecular Hbond substituents is 3. The van der Waals surface area contributed by atoms with Gasteiger partial charge < -0.3 is 138 Å². The molecule has 0 radical (unpaired) electrons. The van der Waals surface area contributed by atoms with Gasteiger partial charge in [0, 0.05) is 48.4 Å². The molecule has 40 heteroatoms. The van der Waals surface area contributed by atoms with Gasteiger partial charge in [0.05, 0.1) is 47.9 Å². The van der Waals surface area contributed by atoms with Crippen molar-refractivity contribution < 1.29 is 132 Å². The molecule has 119 heavy (non-hydrogen) atoms. The van der Waals surface area contributed by atoms with Gasteiger partial charge in [-0.3, -0.25) is 47.9 Å². The van der Waals surface area contributed by atoms with Crippen LogP contribution in [0.25, 0.3) is 11.1 Å². The van der Waals surface area contributed by atoms with Gasteiger partial charge in [0.15, 0.2) is 29.0 Å². The average Bonchev–Trinajstić information content (AvgIpc) is 0.768. The Morgan fingerprint density at radius 3 is 2.01 bits per heavy atom. The van der Waals surface area contributed by atoms with Crippen LogP contribution in [0, 0.1) is 5.92 Å². The molecular weight excluding hydrogens is 1620 g/mol. The number of nitrogens with two attached hydrogens (primary N) is 2. The molecule has 6 aromatic carbocycles. The van der Waals surface area contributed by atoms with Crippen molar-refractivity contribution in [2.24, 2.45) is 17.4 Å². The van der Waals surface area contributed by atoms with Gasteiger partial charge in [-0.1, -0.05) is 79.1 Å². The monoisotopic (exact) mass is 1710 g/mol. The molecule has 0 spiro atoms. The van der Waals surface area contributed by atoms with Crippen LogP contribution in [0.1, 0.15) is 124 Å². The van der Waals surface area contributed by atoms with Crippen LogP contribution in [0.4, 0.5) is 0 Å². The SMILES string of the molecule is CC(=O)SCCCOc1cccc(CN[C@@]2(C)C[C@H](O[C@H]3[C@H](Oc4c5cc6cc4Oc4ccc(cc4Cl)[C@@H](O)[C@@H](NC(=O)[C@@H](N)CC(C)C)C(=O)N[C@@H](CC(N)=O)C(=O)N[C@H]6C(=O)N[C@H]4C(=O)N[C@H](C(=O)N[C@H](C(=O)NCC(=O)O)c6cc(O)cc(O)c6-c6cc4ccc6O)[C@H](O)c4ccc(c(Cl)c4)O5)O[C@H](CO)[C@@H](O)[C@@H]3O)O[C@@H](C)[C@H]2O)c1. The van der Waals surface area contributed by atoms with Crippen molar-refractivity contribution in [2.45, 2.75) is 176 Å². The standard InChI is InChI=1S/C79H90Cl2N10O27S/c1-32(2)18-46(82)71(105)90-62-64(100)37-11-14-50(44(80)21-37)114-52-23-39-24-53(68(52)118-78-69(67(103)66(102)54(31-92)116-78)117-57-28-79(5,70(104)33(3)113-57)85-29-35-8-6-9-41(19-35)112-16-7-17-119-34(4)93)115-51-15-12-38(22-45(51)81)65(101)63-77(111)89-61(73(107)84-30-56(98)99)43-25-40(94)26-49(96)58(43)42-20-36(10-13-48(42)95)59(74(108)91-63)88-75(109)60(39)87-72(106)47(27-55(83)97)86-76(62)110/h6,8-15,19-26,32-33,46-47,54,57,59-67,69-70,78,85,92,94-96,100-104H,7,16-18,27-31,82H2,1-5H3,(H2,83,97)(H,84,107)(H,86,110)(H,87,106)(H,88,109)(H,89,111)(H,90,105)(H,91,108)(H,98,99)/t33-,46-,47-,54+,57-,59+,60+,61-,62+,63-,64+,65+,66+,67-,69+,70+,78-,79-/m0/s1. The minimum absolute atomic E-state index is 0.0212. The van der Waals surface area contributed by atoms with Gasteiger partial charge in [0.2, 0.25) is 59.3 Å². The fourth-order valence-corrected chi connectivity index (χ4v) is 15.2. The quantitative estimate of drug-likeness (QED) is 0.0431. The number of amides is 8. The summed E-state index contributed by atoms with van der Waals surface area (Å²) in [6.45, 7) is 6.58. The lowest BCUT2D eigenvalue weighted by molar-refractivity contribution is -0.334. The van der Waals surface area contributed by atoms with E-state index in [1.54, 1.807) is 45.9 Å². The molecule has 6 aromatic rings. The molecule has 8 amide bonds. The zero-order valence-electron chi connectivity index (χ0n) is 64.3.